The molecule has 0 fully saturated rings. The fourth-order valence-electron chi connectivity index (χ4n) is 0.785. The van der Waals surface area contributed by atoms with E-state index >= 15 is 0 Å². The molecular formula is C7H10BBrF4N-. The summed E-state index contributed by atoms with van der Waals surface area (Å²) in [4.78, 5) is 2.59. The van der Waals surface area contributed by atoms with Gasteiger partial charge >= 0.3 is 7.54 Å². The number of quaternary nitrogens is 1. The first kappa shape index (κ1) is 16.0. The van der Waals surface area contributed by atoms with E-state index in [-0.39, 0.29) is 4.70 Å². The summed E-state index contributed by atoms with van der Waals surface area (Å²) >= 11 is 3.46. The molecule has 0 spiro atoms. The first-order valence-electron chi connectivity index (χ1n) is 3.73. The molecule has 1 unspecified atom stereocenters. The topological polar surface area (TPSA) is 4.44 Å². The molecule has 7 heteroatoms. The van der Waals surface area contributed by atoms with Crippen molar-refractivity contribution in [2.75, 3.05) is 6.54 Å². The van der Waals surface area contributed by atoms with Crippen LogP contribution in [0.5, 0.6) is 0 Å². The normalized spacial score (nSPS) is 18.1. The van der Waals surface area contributed by atoms with Crippen molar-refractivity contribution < 1.29 is 22.6 Å². The molecule has 1 rings (SSSR count). The zero-order valence-electron chi connectivity index (χ0n) is 7.48. The lowest BCUT2D eigenvalue weighted by Gasteiger charge is -2.25. The van der Waals surface area contributed by atoms with Crippen molar-refractivity contribution in [3.63, 3.8) is 0 Å². The zero-order chi connectivity index (χ0) is 10.3. The predicted octanol–water partition coefficient (Wildman–Crippen LogP) is -1.26. The number of allylic oxidation sites excluding steroid dienone is 2. The summed E-state index contributed by atoms with van der Waals surface area (Å²) in [6.07, 6.45) is 8.29. The summed E-state index contributed by atoms with van der Waals surface area (Å²) in [6, 6.07) is 0. The second-order valence-electron chi connectivity index (χ2n) is 2.19. The Morgan fingerprint density at radius 3 is 2.14 bits per heavy atom. The molecule has 1 nitrogen and oxygen atoms in total. The highest BCUT2D eigenvalue weighted by Gasteiger charge is 2.06. The Bertz CT molecular complexity index is 186. The van der Waals surface area contributed by atoms with E-state index in [0.717, 1.165) is 6.54 Å². The van der Waals surface area contributed by atoms with Crippen LogP contribution in [-0.4, -0.2) is 14.1 Å². The molecule has 1 aliphatic heterocycles. The highest BCUT2D eigenvalue weighted by Crippen LogP contribution is 2.04. The monoisotopic (exact) mass is 274 g/mol. The van der Waals surface area contributed by atoms with Crippen molar-refractivity contribution in [2.45, 2.75) is 6.92 Å². The van der Waals surface area contributed by atoms with Crippen molar-refractivity contribution in [3.8, 4) is 0 Å². The molecule has 1 aliphatic rings. The first-order chi connectivity index (χ1) is 6.07. The lowest BCUT2D eigenvalue weighted by atomic mass is 10.3. The highest BCUT2D eigenvalue weighted by atomic mass is 79.9. The maximum absolute atomic E-state index is 9.67. The van der Waals surface area contributed by atoms with Gasteiger partial charge in [0.15, 0.2) is 0 Å². The second kappa shape index (κ2) is 9.14. The van der Waals surface area contributed by atoms with Crippen LogP contribution in [0.25, 0.3) is 0 Å². The highest BCUT2D eigenvalue weighted by molar-refractivity contribution is 9.11. The fraction of sp³-hybridized carbons (Fsp3) is 0.286. The molecule has 0 saturated carbocycles. The van der Waals surface area contributed by atoms with E-state index in [4.69, 9.17) is 0 Å². The number of hydrogen-bond acceptors (Lipinski definition) is 0. The third-order valence-electron chi connectivity index (χ3n) is 1.34. The van der Waals surface area contributed by atoms with Gasteiger partial charge in [0.05, 0.1) is 12.7 Å². The smallest absolute Gasteiger partial charge is 0.762 e. The lowest BCUT2D eigenvalue weighted by molar-refractivity contribution is -0.813. The Morgan fingerprint density at radius 2 is 1.86 bits per heavy atom. The van der Waals surface area contributed by atoms with Crippen molar-refractivity contribution in [2.24, 2.45) is 0 Å². The third kappa shape index (κ3) is 8.19. The molecule has 14 heavy (non-hydrogen) atoms. The molecule has 82 valence electrons. The summed E-state index contributed by atoms with van der Waals surface area (Å²) in [7, 11) is -3.67. The van der Waals surface area contributed by atoms with Gasteiger partial charge in [0.25, 0.3) is 0 Å². The first-order valence-corrected chi connectivity index (χ1v) is 4.52. The summed E-state index contributed by atoms with van der Waals surface area (Å²) in [5, 5.41) is 0. The van der Waals surface area contributed by atoms with Crippen molar-refractivity contribution in [1.82, 2.24) is 0 Å². The van der Waals surface area contributed by atoms with Crippen molar-refractivity contribution in [1.29, 1.82) is 0 Å². The van der Waals surface area contributed by atoms with Gasteiger partial charge in [-0.2, -0.15) is 12.2 Å². The van der Waals surface area contributed by atoms with Gasteiger partial charge in [0, 0.05) is 4.95 Å². The summed E-state index contributed by atoms with van der Waals surface area (Å²) < 4.78 is 29.0. The molecule has 0 aromatic rings. The Kier molecular flexibility index (Phi) is 10.5. The third-order valence-corrected chi connectivity index (χ3v) is 2.11. The minimum Gasteiger partial charge on any atom is -1.00 e. The van der Waals surface area contributed by atoms with Crippen LogP contribution in [0.4, 0.5) is 12.9 Å². The van der Waals surface area contributed by atoms with Crippen LogP contribution < -0.4 is 9.60 Å². The minimum atomic E-state index is -3.67. The molecule has 0 aromatic carbocycles. The number of halogens is 5. The molecule has 0 amide bonds. The van der Waals surface area contributed by atoms with Gasteiger partial charge < -0.3 is 9.60 Å². The molecule has 0 saturated heterocycles. The summed E-state index contributed by atoms with van der Waals surface area (Å²) in [5.74, 6) is 0. The fourth-order valence-corrected chi connectivity index (χ4v) is 1.35. The number of hydrogen-bond donors (Lipinski definition) is 1. The van der Waals surface area contributed by atoms with E-state index in [0.29, 0.717) is 0 Å². The number of nitrogens with one attached hydrogen (secondary N) is 1. The van der Waals surface area contributed by atoms with E-state index in [1.54, 1.807) is 0 Å². The second-order valence-corrected chi connectivity index (χ2v) is 3.05. The average Bonchev–Trinajstić information content (AvgIpc) is 2.04. The van der Waals surface area contributed by atoms with Crippen molar-refractivity contribution >= 4 is 23.5 Å². The van der Waals surface area contributed by atoms with Crippen LogP contribution in [0.2, 0.25) is 0 Å². The standard InChI is InChI=1S/C7H10BrN.BF3.FH/c1-2-9-6-4-3-5-7(9)8;2-1(3)4;/h3-6,9H,2H2,1H3;;1H/p-1. The molecular weight excluding hydrogens is 265 g/mol. The molecule has 0 aliphatic carbocycles. The molecule has 1 N–H and O–H groups in total. The van der Waals surface area contributed by atoms with Gasteiger partial charge in [-0.15, -0.1) is 15.9 Å². The maximum atomic E-state index is 9.67. The zero-order valence-corrected chi connectivity index (χ0v) is 9.07. The predicted molar refractivity (Wildman–Crippen MR) is 51.0 cm³/mol. The van der Waals surface area contributed by atoms with Crippen LogP contribution in [0.1, 0.15) is 6.92 Å². The summed E-state index contributed by atoms with van der Waals surface area (Å²) in [5.41, 5.74) is 0. The lowest BCUT2D eigenvalue weighted by Crippen LogP contribution is -3.06. The SMILES string of the molecule is CC[NH+]1C=CC=C[C-]1Br.FB(F)F.[F-]. The van der Waals surface area contributed by atoms with Gasteiger partial charge in [-0.1, -0.05) is 6.08 Å². The molecule has 0 bridgehead atoms. The van der Waals surface area contributed by atoms with Crippen LogP contribution >= 0.6 is 15.9 Å². The maximum Gasteiger partial charge on any atom is 0.762 e. The van der Waals surface area contributed by atoms with Crippen LogP contribution in [0, 0.1) is 4.95 Å². The average molecular weight is 275 g/mol. The summed E-state index contributed by atoms with van der Waals surface area (Å²) in [6.45, 7) is 3.25. The van der Waals surface area contributed by atoms with Gasteiger partial charge in [-0.25, -0.2) is 0 Å². The van der Waals surface area contributed by atoms with Crippen LogP contribution in [0.3, 0.4) is 0 Å². The Morgan fingerprint density at radius 1 is 1.36 bits per heavy atom. The van der Waals surface area contributed by atoms with E-state index in [1.807, 2.05) is 6.08 Å². The molecule has 0 radical (unpaired) electrons. The Balaban J connectivity index is 0. The van der Waals surface area contributed by atoms with Crippen LogP contribution in [0.15, 0.2) is 24.4 Å². The van der Waals surface area contributed by atoms with Crippen molar-refractivity contribution in [3.05, 3.63) is 29.4 Å². The quantitative estimate of drug-likeness (QED) is 0.264. The largest absolute Gasteiger partial charge is 1.00 e. The van der Waals surface area contributed by atoms with Gasteiger partial charge in [0.2, 0.25) is 0 Å². The number of rotatable bonds is 1. The minimum absolute atomic E-state index is 0. The van der Waals surface area contributed by atoms with E-state index in [2.05, 4.69) is 41.2 Å². The molecule has 0 aromatic heterocycles. The van der Waals surface area contributed by atoms with Gasteiger partial charge in [-0.3, -0.25) is 12.9 Å². The Labute approximate surface area is 89.4 Å². The van der Waals surface area contributed by atoms with E-state index in [9.17, 15) is 12.9 Å². The van der Waals surface area contributed by atoms with Gasteiger partial charge in [0.1, 0.15) is 0 Å². The van der Waals surface area contributed by atoms with Gasteiger partial charge in [-0.05, 0) is 6.92 Å². The molecule has 1 atom stereocenters. The van der Waals surface area contributed by atoms with Crippen LogP contribution in [-0.2, 0) is 0 Å². The van der Waals surface area contributed by atoms with E-state index in [1.165, 1.54) is 9.85 Å². The van der Waals surface area contributed by atoms with E-state index < -0.39 is 7.54 Å². The Hall–Kier alpha value is -0.425. The number of likely N-dealkylation sites (N-methyl/N-ethyl adjacent to an activating group) is 1. The molecule has 1 heterocycles.